The van der Waals surface area contributed by atoms with Gasteiger partial charge in [0.25, 0.3) is 0 Å². The van der Waals surface area contributed by atoms with Crippen molar-refractivity contribution in [2.24, 2.45) is 0 Å². The third kappa shape index (κ3) is 4.87. The number of ether oxygens (including phenoxy) is 1. The Labute approximate surface area is 127 Å². The van der Waals surface area contributed by atoms with E-state index in [1.165, 1.54) is 0 Å². The SMILES string of the molecule is Cc1cccc(OCC(O)CNc2ccc(Br)cc2)c1. The summed E-state index contributed by atoms with van der Waals surface area (Å²) in [5, 5.41) is 13.1. The first-order valence-corrected chi connectivity index (χ1v) is 7.30. The van der Waals surface area contributed by atoms with Crippen LogP contribution in [0, 0.1) is 6.92 Å². The van der Waals surface area contributed by atoms with E-state index in [0.717, 1.165) is 21.5 Å². The number of halogens is 1. The lowest BCUT2D eigenvalue weighted by Gasteiger charge is -2.14. The molecule has 0 aliphatic heterocycles. The van der Waals surface area contributed by atoms with Crippen LogP contribution >= 0.6 is 15.9 Å². The molecule has 1 atom stereocenters. The summed E-state index contributed by atoms with van der Waals surface area (Å²) < 4.78 is 6.59. The van der Waals surface area contributed by atoms with Crippen LogP contribution in [0.1, 0.15) is 5.56 Å². The molecule has 0 heterocycles. The zero-order valence-corrected chi connectivity index (χ0v) is 12.9. The van der Waals surface area contributed by atoms with Crippen molar-refractivity contribution in [1.29, 1.82) is 0 Å². The second-order valence-corrected chi connectivity index (χ2v) is 5.58. The van der Waals surface area contributed by atoms with E-state index in [1.807, 2.05) is 55.5 Å². The number of nitrogens with one attached hydrogen (secondary N) is 1. The lowest BCUT2D eigenvalue weighted by Crippen LogP contribution is -2.26. The second kappa shape index (κ2) is 7.31. The molecule has 0 aromatic heterocycles. The topological polar surface area (TPSA) is 41.5 Å². The zero-order valence-electron chi connectivity index (χ0n) is 11.3. The van der Waals surface area contributed by atoms with E-state index in [2.05, 4.69) is 21.2 Å². The second-order valence-electron chi connectivity index (χ2n) is 4.67. The summed E-state index contributed by atoms with van der Waals surface area (Å²) in [6.07, 6.45) is -0.556. The van der Waals surface area contributed by atoms with Gasteiger partial charge in [0.05, 0.1) is 0 Å². The maximum Gasteiger partial charge on any atom is 0.119 e. The third-order valence-corrected chi connectivity index (χ3v) is 3.35. The molecule has 0 aliphatic rings. The lowest BCUT2D eigenvalue weighted by atomic mass is 10.2. The smallest absolute Gasteiger partial charge is 0.119 e. The average Bonchev–Trinajstić information content (AvgIpc) is 2.45. The Hall–Kier alpha value is -1.52. The largest absolute Gasteiger partial charge is 0.491 e. The van der Waals surface area contributed by atoms with Crippen molar-refractivity contribution in [2.75, 3.05) is 18.5 Å². The van der Waals surface area contributed by atoms with Crippen molar-refractivity contribution in [3.8, 4) is 5.75 Å². The van der Waals surface area contributed by atoms with Crippen LogP contribution in [0.2, 0.25) is 0 Å². The van der Waals surface area contributed by atoms with Crippen molar-refractivity contribution in [3.63, 3.8) is 0 Å². The quantitative estimate of drug-likeness (QED) is 0.847. The molecule has 2 N–H and O–H groups in total. The minimum Gasteiger partial charge on any atom is -0.491 e. The van der Waals surface area contributed by atoms with Gasteiger partial charge in [-0.1, -0.05) is 28.1 Å². The maximum atomic E-state index is 9.90. The molecule has 2 aromatic carbocycles. The molecule has 106 valence electrons. The van der Waals surface area contributed by atoms with Crippen LogP contribution in [0.3, 0.4) is 0 Å². The first kappa shape index (κ1) is 14.9. The molecule has 0 aliphatic carbocycles. The molecule has 0 bridgehead atoms. The number of aliphatic hydroxyl groups is 1. The van der Waals surface area contributed by atoms with E-state index >= 15 is 0 Å². The Balaban J connectivity index is 1.75. The highest BCUT2D eigenvalue weighted by atomic mass is 79.9. The minimum atomic E-state index is -0.556. The number of aliphatic hydroxyl groups excluding tert-OH is 1. The summed E-state index contributed by atoms with van der Waals surface area (Å²) >= 11 is 3.38. The predicted octanol–water partition coefficient (Wildman–Crippen LogP) is 3.61. The standard InChI is InChI=1S/C16H18BrNO2/c1-12-3-2-4-16(9-12)20-11-15(19)10-18-14-7-5-13(17)6-8-14/h2-9,15,18-19H,10-11H2,1H3. The number of anilines is 1. The molecule has 3 nitrogen and oxygen atoms in total. The summed E-state index contributed by atoms with van der Waals surface area (Å²) in [4.78, 5) is 0. The Morgan fingerprint density at radius 1 is 1.20 bits per heavy atom. The maximum absolute atomic E-state index is 9.90. The molecule has 20 heavy (non-hydrogen) atoms. The zero-order chi connectivity index (χ0) is 14.4. The van der Waals surface area contributed by atoms with Gasteiger partial charge in [0.15, 0.2) is 0 Å². The molecule has 2 rings (SSSR count). The number of rotatable bonds is 6. The number of aryl methyl sites for hydroxylation is 1. The van der Waals surface area contributed by atoms with Gasteiger partial charge in [-0.2, -0.15) is 0 Å². The van der Waals surface area contributed by atoms with Gasteiger partial charge in [0, 0.05) is 16.7 Å². The molecule has 2 aromatic rings. The summed E-state index contributed by atoms with van der Waals surface area (Å²) in [5.41, 5.74) is 2.12. The van der Waals surface area contributed by atoms with Crippen LogP contribution < -0.4 is 10.1 Å². The van der Waals surface area contributed by atoms with E-state index in [1.54, 1.807) is 0 Å². The van der Waals surface area contributed by atoms with E-state index in [4.69, 9.17) is 4.74 Å². The fourth-order valence-electron chi connectivity index (χ4n) is 1.76. The van der Waals surface area contributed by atoms with Crippen LogP contribution in [-0.4, -0.2) is 24.4 Å². The highest BCUT2D eigenvalue weighted by Gasteiger charge is 2.05. The third-order valence-electron chi connectivity index (χ3n) is 2.82. The Morgan fingerprint density at radius 3 is 2.65 bits per heavy atom. The summed E-state index contributed by atoms with van der Waals surface area (Å²) in [6.45, 7) is 2.73. The molecule has 0 spiro atoms. The van der Waals surface area contributed by atoms with Crippen LogP contribution in [0.5, 0.6) is 5.75 Å². The number of benzene rings is 2. The van der Waals surface area contributed by atoms with Gasteiger partial charge >= 0.3 is 0 Å². The summed E-state index contributed by atoms with van der Waals surface area (Å²) in [5.74, 6) is 0.785. The molecule has 0 radical (unpaired) electrons. The van der Waals surface area contributed by atoms with E-state index in [0.29, 0.717) is 6.54 Å². The molecule has 0 saturated carbocycles. The molecule has 4 heteroatoms. The Morgan fingerprint density at radius 2 is 1.95 bits per heavy atom. The van der Waals surface area contributed by atoms with Crippen molar-refractivity contribution in [3.05, 3.63) is 58.6 Å². The Bertz CT molecular complexity index is 542. The number of hydrogen-bond acceptors (Lipinski definition) is 3. The van der Waals surface area contributed by atoms with Gasteiger partial charge in [-0.05, 0) is 48.9 Å². The molecule has 1 unspecified atom stereocenters. The molecular weight excluding hydrogens is 318 g/mol. The normalized spacial score (nSPS) is 11.9. The first-order valence-electron chi connectivity index (χ1n) is 6.50. The minimum absolute atomic E-state index is 0.271. The lowest BCUT2D eigenvalue weighted by molar-refractivity contribution is 0.117. The van der Waals surface area contributed by atoms with Crippen LogP contribution in [0.25, 0.3) is 0 Å². The van der Waals surface area contributed by atoms with Crippen LogP contribution in [0.4, 0.5) is 5.69 Å². The van der Waals surface area contributed by atoms with E-state index < -0.39 is 6.10 Å². The van der Waals surface area contributed by atoms with Gasteiger partial charge in [-0.15, -0.1) is 0 Å². The fraction of sp³-hybridized carbons (Fsp3) is 0.250. The van der Waals surface area contributed by atoms with Crippen LogP contribution in [-0.2, 0) is 0 Å². The highest BCUT2D eigenvalue weighted by molar-refractivity contribution is 9.10. The Kier molecular flexibility index (Phi) is 5.44. The van der Waals surface area contributed by atoms with Gasteiger partial charge in [0.2, 0.25) is 0 Å². The molecule has 0 saturated heterocycles. The summed E-state index contributed by atoms with van der Waals surface area (Å²) in [6, 6.07) is 15.6. The van der Waals surface area contributed by atoms with E-state index in [9.17, 15) is 5.11 Å². The highest BCUT2D eigenvalue weighted by Crippen LogP contribution is 2.15. The van der Waals surface area contributed by atoms with Gasteiger partial charge in [-0.3, -0.25) is 0 Å². The van der Waals surface area contributed by atoms with Crippen molar-refractivity contribution in [2.45, 2.75) is 13.0 Å². The van der Waals surface area contributed by atoms with Gasteiger partial charge in [-0.25, -0.2) is 0 Å². The predicted molar refractivity (Wildman–Crippen MR) is 85.3 cm³/mol. The van der Waals surface area contributed by atoms with Crippen molar-refractivity contribution >= 4 is 21.6 Å². The monoisotopic (exact) mass is 335 g/mol. The van der Waals surface area contributed by atoms with Gasteiger partial charge < -0.3 is 15.2 Å². The number of hydrogen-bond donors (Lipinski definition) is 2. The molecular formula is C16H18BrNO2. The van der Waals surface area contributed by atoms with E-state index in [-0.39, 0.29) is 6.61 Å². The fourth-order valence-corrected chi connectivity index (χ4v) is 2.02. The van der Waals surface area contributed by atoms with Crippen LogP contribution in [0.15, 0.2) is 53.0 Å². The van der Waals surface area contributed by atoms with Gasteiger partial charge in [0.1, 0.15) is 18.5 Å². The van der Waals surface area contributed by atoms with Crippen molar-refractivity contribution in [1.82, 2.24) is 0 Å². The van der Waals surface area contributed by atoms with Crippen molar-refractivity contribution < 1.29 is 9.84 Å². The first-order chi connectivity index (χ1) is 9.63. The molecule has 0 fully saturated rings. The average molecular weight is 336 g/mol. The molecule has 0 amide bonds. The summed E-state index contributed by atoms with van der Waals surface area (Å²) in [7, 11) is 0.